The number of amides is 1. The number of aryl methyl sites for hydroxylation is 2. The number of hydrogen-bond donors (Lipinski definition) is 1. The fraction of sp³-hybridized carbons (Fsp3) is 0.400. The van der Waals surface area contributed by atoms with Crippen molar-refractivity contribution in [2.75, 3.05) is 38.1 Å². The second-order valence-electron chi connectivity index (χ2n) is 6.77. The van der Waals surface area contributed by atoms with Crippen LogP contribution in [0.5, 0.6) is 0 Å². The van der Waals surface area contributed by atoms with Crippen LogP contribution in [0.1, 0.15) is 17.5 Å². The van der Waals surface area contributed by atoms with E-state index in [0.29, 0.717) is 12.8 Å². The van der Waals surface area contributed by atoms with Crippen LogP contribution in [0.15, 0.2) is 36.5 Å². The van der Waals surface area contributed by atoms with Gasteiger partial charge in [0.1, 0.15) is 5.82 Å². The molecule has 5 nitrogen and oxygen atoms in total. The van der Waals surface area contributed by atoms with Crippen LogP contribution in [-0.2, 0) is 11.2 Å². The highest BCUT2D eigenvalue weighted by Crippen LogP contribution is 2.30. The minimum Gasteiger partial charge on any atom is -0.370 e. The van der Waals surface area contributed by atoms with Crippen LogP contribution in [0.3, 0.4) is 0 Å². The summed E-state index contributed by atoms with van der Waals surface area (Å²) in [4.78, 5) is 20.6. The lowest BCUT2D eigenvalue weighted by molar-refractivity contribution is -0.117. The van der Waals surface area contributed by atoms with Gasteiger partial charge in [-0.25, -0.2) is 4.98 Å². The molecule has 2 N–H and O–H groups in total. The SMILES string of the molecule is Cc1ccccc1-c1cc(N2CCN(C)CC2)ncc1CCC(N)=O. The average Bonchev–Trinajstić information content (AvgIpc) is 2.61. The van der Waals surface area contributed by atoms with Gasteiger partial charge in [-0.2, -0.15) is 0 Å². The molecule has 1 aliphatic heterocycles. The molecule has 5 heteroatoms. The lowest BCUT2D eigenvalue weighted by Crippen LogP contribution is -2.44. The summed E-state index contributed by atoms with van der Waals surface area (Å²) in [5.41, 5.74) is 9.99. The molecule has 0 unspecified atom stereocenters. The molecule has 2 heterocycles. The first-order valence-electron chi connectivity index (χ1n) is 8.81. The Labute approximate surface area is 149 Å². The molecular formula is C20H26N4O. The first kappa shape index (κ1) is 17.4. The smallest absolute Gasteiger partial charge is 0.217 e. The number of nitrogens with zero attached hydrogens (tertiary/aromatic N) is 3. The molecule has 2 aromatic rings. The molecule has 0 bridgehead atoms. The summed E-state index contributed by atoms with van der Waals surface area (Å²) in [6.07, 6.45) is 2.88. The second kappa shape index (κ2) is 7.66. The highest BCUT2D eigenvalue weighted by Gasteiger charge is 2.18. The number of anilines is 1. The zero-order valence-electron chi connectivity index (χ0n) is 15.0. The predicted octanol–water partition coefficient (Wildman–Crippen LogP) is 2.23. The van der Waals surface area contributed by atoms with Gasteiger partial charge in [0, 0.05) is 38.8 Å². The van der Waals surface area contributed by atoms with Crippen LogP contribution in [0.4, 0.5) is 5.82 Å². The number of carbonyl (C=O) groups excluding carboxylic acids is 1. The van der Waals surface area contributed by atoms with Gasteiger partial charge in [0.05, 0.1) is 0 Å². The molecule has 132 valence electrons. The molecule has 0 radical (unpaired) electrons. The minimum absolute atomic E-state index is 0.279. The number of nitrogens with two attached hydrogens (primary N) is 1. The molecule has 1 amide bonds. The highest BCUT2D eigenvalue weighted by molar-refractivity contribution is 5.76. The van der Waals surface area contributed by atoms with Gasteiger partial charge in [-0.1, -0.05) is 24.3 Å². The summed E-state index contributed by atoms with van der Waals surface area (Å²) in [5, 5.41) is 0. The molecule has 25 heavy (non-hydrogen) atoms. The predicted molar refractivity (Wildman–Crippen MR) is 102 cm³/mol. The van der Waals surface area contributed by atoms with Crippen LogP contribution in [0, 0.1) is 6.92 Å². The van der Waals surface area contributed by atoms with Crippen LogP contribution in [0.2, 0.25) is 0 Å². The van der Waals surface area contributed by atoms with Crippen molar-refractivity contribution >= 4 is 11.7 Å². The quantitative estimate of drug-likeness (QED) is 0.908. The van der Waals surface area contributed by atoms with Crippen LogP contribution in [-0.4, -0.2) is 49.0 Å². The van der Waals surface area contributed by atoms with Gasteiger partial charge in [-0.15, -0.1) is 0 Å². The van der Waals surface area contributed by atoms with Gasteiger partial charge in [0.15, 0.2) is 0 Å². The monoisotopic (exact) mass is 338 g/mol. The zero-order chi connectivity index (χ0) is 17.8. The average molecular weight is 338 g/mol. The molecule has 0 spiro atoms. The second-order valence-corrected chi connectivity index (χ2v) is 6.77. The Morgan fingerprint density at radius 3 is 2.56 bits per heavy atom. The van der Waals surface area contributed by atoms with E-state index in [1.165, 1.54) is 11.1 Å². The fourth-order valence-electron chi connectivity index (χ4n) is 3.26. The van der Waals surface area contributed by atoms with Crippen molar-refractivity contribution in [1.82, 2.24) is 9.88 Å². The van der Waals surface area contributed by atoms with E-state index in [1.807, 2.05) is 12.3 Å². The van der Waals surface area contributed by atoms with E-state index in [0.717, 1.165) is 43.1 Å². The van der Waals surface area contributed by atoms with Crippen molar-refractivity contribution < 1.29 is 4.79 Å². The summed E-state index contributed by atoms with van der Waals surface area (Å²) in [7, 11) is 2.15. The maximum atomic E-state index is 11.2. The summed E-state index contributed by atoms with van der Waals surface area (Å²) < 4.78 is 0. The van der Waals surface area contributed by atoms with E-state index in [1.54, 1.807) is 0 Å². The first-order valence-corrected chi connectivity index (χ1v) is 8.81. The third-order valence-electron chi connectivity index (χ3n) is 4.88. The number of likely N-dealkylation sites (N-methyl/N-ethyl adjacent to an activating group) is 1. The fourth-order valence-corrected chi connectivity index (χ4v) is 3.26. The Morgan fingerprint density at radius 2 is 1.88 bits per heavy atom. The third-order valence-corrected chi connectivity index (χ3v) is 4.88. The van der Waals surface area contributed by atoms with Gasteiger partial charge in [0.25, 0.3) is 0 Å². The van der Waals surface area contributed by atoms with Crippen molar-refractivity contribution in [1.29, 1.82) is 0 Å². The van der Waals surface area contributed by atoms with E-state index >= 15 is 0 Å². The van der Waals surface area contributed by atoms with Gasteiger partial charge < -0.3 is 15.5 Å². The lowest BCUT2D eigenvalue weighted by atomic mass is 9.95. The van der Waals surface area contributed by atoms with Crippen molar-refractivity contribution in [2.24, 2.45) is 5.73 Å². The van der Waals surface area contributed by atoms with Crippen molar-refractivity contribution in [3.05, 3.63) is 47.7 Å². The van der Waals surface area contributed by atoms with E-state index in [-0.39, 0.29) is 5.91 Å². The minimum atomic E-state index is -0.279. The number of benzene rings is 1. The Morgan fingerprint density at radius 1 is 1.16 bits per heavy atom. The molecule has 0 aliphatic carbocycles. The summed E-state index contributed by atoms with van der Waals surface area (Å²) >= 11 is 0. The van der Waals surface area contributed by atoms with Crippen molar-refractivity contribution in [3.63, 3.8) is 0 Å². The number of pyridine rings is 1. The number of primary amides is 1. The maximum absolute atomic E-state index is 11.2. The largest absolute Gasteiger partial charge is 0.370 e. The number of carbonyl (C=O) groups is 1. The summed E-state index contributed by atoms with van der Waals surface area (Å²) in [6, 6.07) is 10.5. The molecule has 1 fully saturated rings. The van der Waals surface area contributed by atoms with Crippen LogP contribution >= 0.6 is 0 Å². The van der Waals surface area contributed by atoms with Crippen LogP contribution < -0.4 is 10.6 Å². The topological polar surface area (TPSA) is 62.5 Å². The number of rotatable bonds is 5. The van der Waals surface area contributed by atoms with Gasteiger partial charge in [-0.3, -0.25) is 4.79 Å². The maximum Gasteiger partial charge on any atom is 0.217 e. The Balaban J connectivity index is 1.97. The molecule has 0 saturated carbocycles. The van der Waals surface area contributed by atoms with E-state index < -0.39 is 0 Å². The van der Waals surface area contributed by atoms with Gasteiger partial charge in [0.2, 0.25) is 5.91 Å². The standard InChI is InChI=1S/C20H26N4O/c1-15-5-3-4-6-17(15)18-13-20(24-11-9-23(2)10-12-24)22-14-16(18)7-8-19(21)25/h3-6,13-14H,7-12H2,1-2H3,(H2,21,25). The number of piperazine rings is 1. The molecule has 3 rings (SSSR count). The molecular weight excluding hydrogens is 312 g/mol. The molecule has 1 saturated heterocycles. The molecule has 1 aromatic carbocycles. The number of hydrogen-bond acceptors (Lipinski definition) is 4. The van der Waals surface area contributed by atoms with E-state index in [9.17, 15) is 4.79 Å². The molecule has 1 aliphatic rings. The van der Waals surface area contributed by atoms with Gasteiger partial charge >= 0.3 is 0 Å². The zero-order valence-corrected chi connectivity index (χ0v) is 15.0. The van der Waals surface area contributed by atoms with Crippen molar-refractivity contribution in [3.8, 4) is 11.1 Å². The van der Waals surface area contributed by atoms with E-state index in [2.05, 4.69) is 53.0 Å². The summed E-state index contributed by atoms with van der Waals surface area (Å²) in [5.74, 6) is 0.730. The van der Waals surface area contributed by atoms with E-state index in [4.69, 9.17) is 5.73 Å². The van der Waals surface area contributed by atoms with Crippen molar-refractivity contribution in [2.45, 2.75) is 19.8 Å². The number of aromatic nitrogens is 1. The molecule has 0 atom stereocenters. The third kappa shape index (κ3) is 4.17. The Kier molecular flexibility index (Phi) is 5.34. The first-order chi connectivity index (χ1) is 12.0. The Hall–Kier alpha value is -2.40. The molecule has 1 aromatic heterocycles. The lowest BCUT2D eigenvalue weighted by Gasteiger charge is -2.33. The summed E-state index contributed by atoms with van der Waals surface area (Å²) in [6.45, 7) is 6.17. The normalized spacial score (nSPS) is 15.4. The van der Waals surface area contributed by atoms with Crippen LogP contribution in [0.25, 0.3) is 11.1 Å². The highest BCUT2D eigenvalue weighted by atomic mass is 16.1. The Bertz CT molecular complexity index is 751. The van der Waals surface area contributed by atoms with Gasteiger partial charge in [-0.05, 0) is 48.7 Å².